The molecule has 106 valence electrons. The van der Waals surface area contributed by atoms with Gasteiger partial charge in [-0.1, -0.05) is 6.07 Å². The zero-order valence-electron chi connectivity index (χ0n) is 11.8. The molecular formula is C15H20N4O. The topological polar surface area (TPSA) is 49.6 Å². The average molecular weight is 272 g/mol. The standard InChI is InChI=1S/C15H20N4O/c1-12-13(19-9-3-2-4-14(19)17-12)5-6-15(20)18-10-7-16-8-11-18/h2-4,9,16H,5-8,10-11H2,1H3. The third-order valence-electron chi connectivity index (χ3n) is 3.87. The lowest BCUT2D eigenvalue weighted by molar-refractivity contribution is -0.131. The van der Waals surface area contributed by atoms with E-state index in [2.05, 4.69) is 14.7 Å². The van der Waals surface area contributed by atoms with Crippen molar-refractivity contribution in [2.75, 3.05) is 26.2 Å². The highest BCUT2D eigenvalue weighted by atomic mass is 16.2. The summed E-state index contributed by atoms with van der Waals surface area (Å²) < 4.78 is 2.08. The van der Waals surface area contributed by atoms with Gasteiger partial charge in [0.05, 0.1) is 5.69 Å². The monoisotopic (exact) mass is 272 g/mol. The zero-order chi connectivity index (χ0) is 13.9. The highest BCUT2D eigenvalue weighted by molar-refractivity contribution is 5.76. The number of fused-ring (bicyclic) bond motifs is 1. The number of aromatic nitrogens is 2. The quantitative estimate of drug-likeness (QED) is 0.907. The molecule has 0 unspecified atom stereocenters. The Balaban J connectivity index is 1.70. The molecule has 1 aliphatic heterocycles. The van der Waals surface area contributed by atoms with Gasteiger partial charge in [0.25, 0.3) is 0 Å². The maximum absolute atomic E-state index is 12.2. The molecule has 0 atom stereocenters. The molecule has 0 radical (unpaired) electrons. The number of hydrogen-bond donors (Lipinski definition) is 1. The largest absolute Gasteiger partial charge is 0.340 e. The Morgan fingerprint density at radius 2 is 2.15 bits per heavy atom. The third-order valence-corrected chi connectivity index (χ3v) is 3.87. The van der Waals surface area contributed by atoms with E-state index in [-0.39, 0.29) is 5.91 Å². The van der Waals surface area contributed by atoms with Crippen molar-refractivity contribution < 1.29 is 4.79 Å². The van der Waals surface area contributed by atoms with Crippen molar-refractivity contribution in [3.05, 3.63) is 35.8 Å². The molecule has 2 aromatic heterocycles. The van der Waals surface area contributed by atoms with Crippen LogP contribution in [0.2, 0.25) is 0 Å². The fourth-order valence-electron chi connectivity index (χ4n) is 2.76. The minimum atomic E-state index is 0.247. The molecule has 1 N–H and O–H groups in total. The fourth-order valence-corrected chi connectivity index (χ4v) is 2.76. The van der Waals surface area contributed by atoms with E-state index in [1.165, 1.54) is 0 Å². The summed E-state index contributed by atoms with van der Waals surface area (Å²) in [6, 6.07) is 5.97. The molecule has 2 aromatic rings. The molecule has 0 bridgehead atoms. The molecule has 1 aliphatic rings. The van der Waals surface area contributed by atoms with E-state index >= 15 is 0 Å². The van der Waals surface area contributed by atoms with Crippen molar-refractivity contribution >= 4 is 11.6 Å². The van der Waals surface area contributed by atoms with E-state index in [1.54, 1.807) is 0 Å². The van der Waals surface area contributed by atoms with Gasteiger partial charge in [0.15, 0.2) is 0 Å². The van der Waals surface area contributed by atoms with Crippen LogP contribution in [0.3, 0.4) is 0 Å². The van der Waals surface area contributed by atoms with Gasteiger partial charge in [0, 0.05) is 44.5 Å². The van der Waals surface area contributed by atoms with Gasteiger partial charge in [0.1, 0.15) is 5.65 Å². The first kappa shape index (κ1) is 13.1. The van der Waals surface area contributed by atoms with Gasteiger partial charge >= 0.3 is 0 Å². The number of carbonyl (C=O) groups excluding carboxylic acids is 1. The predicted molar refractivity (Wildman–Crippen MR) is 77.7 cm³/mol. The van der Waals surface area contributed by atoms with Crippen LogP contribution in [0.4, 0.5) is 0 Å². The highest BCUT2D eigenvalue weighted by Crippen LogP contribution is 2.14. The van der Waals surface area contributed by atoms with Crippen LogP contribution in [0.25, 0.3) is 5.65 Å². The van der Waals surface area contributed by atoms with Gasteiger partial charge in [-0.25, -0.2) is 4.98 Å². The second-order valence-electron chi connectivity index (χ2n) is 5.20. The van der Waals surface area contributed by atoms with Crippen LogP contribution in [0, 0.1) is 6.92 Å². The summed E-state index contributed by atoms with van der Waals surface area (Å²) >= 11 is 0. The fraction of sp³-hybridized carbons (Fsp3) is 0.467. The van der Waals surface area contributed by atoms with E-state index in [4.69, 9.17) is 0 Å². The molecule has 3 heterocycles. The van der Waals surface area contributed by atoms with Crippen molar-refractivity contribution in [2.24, 2.45) is 0 Å². The molecule has 0 spiro atoms. The summed E-state index contributed by atoms with van der Waals surface area (Å²) in [4.78, 5) is 18.7. The van der Waals surface area contributed by atoms with Crippen LogP contribution in [0.15, 0.2) is 24.4 Å². The van der Waals surface area contributed by atoms with Crippen molar-refractivity contribution in [3.8, 4) is 0 Å². The first-order valence-corrected chi connectivity index (χ1v) is 7.17. The predicted octanol–water partition coefficient (Wildman–Crippen LogP) is 1.01. The average Bonchev–Trinajstić information content (AvgIpc) is 2.81. The second kappa shape index (κ2) is 5.63. The molecule has 0 aliphatic carbocycles. The van der Waals surface area contributed by atoms with E-state index < -0.39 is 0 Å². The number of imidazole rings is 1. The van der Waals surface area contributed by atoms with E-state index in [0.717, 1.165) is 49.6 Å². The number of nitrogens with zero attached hydrogens (tertiary/aromatic N) is 3. The summed E-state index contributed by atoms with van der Waals surface area (Å²) in [6.45, 7) is 5.47. The Morgan fingerprint density at radius 1 is 1.35 bits per heavy atom. The van der Waals surface area contributed by atoms with Crippen molar-refractivity contribution in [1.82, 2.24) is 19.6 Å². The SMILES string of the molecule is Cc1nc2ccccn2c1CCC(=O)N1CCNCC1. The number of aryl methyl sites for hydroxylation is 2. The van der Waals surface area contributed by atoms with E-state index in [1.807, 2.05) is 36.2 Å². The van der Waals surface area contributed by atoms with Gasteiger partial charge in [-0.2, -0.15) is 0 Å². The Kier molecular flexibility index (Phi) is 3.69. The minimum Gasteiger partial charge on any atom is -0.340 e. The molecule has 3 rings (SSSR count). The van der Waals surface area contributed by atoms with Crippen LogP contribution in [0.5, 0.6) is 0 Å². The zero-order valence-corrected chi connectivity index (χ0v) is 11.8. The first-order chi connectivity index (χ1) is 9.75. The number of carbonyl (C=O) groups is 1. The lowest BCUT2D eigenvalue weighted by Gasteiger charge is -2.27. The summed E-state index contributed by atoms with van der Waals surface area (Å²) in [5.41, 5.74) is 3.11. The Morgan fingerprint density at radius 3 is 2.95 bits per heavy atom. The van der Waals surface area contributed by atoms with Crippen molar-refractivity contribution in [1.29, 1.82) is 0 Å². The summed E-state index contributed by atoms with van der Waals surface area (Å²) in [7, 11) is 0. The second-order valence-corrected chi connectivity index (χ2v) is 5.20. The maximum atomic E-state index is 12.2. The van der Waals surface area contributed by atoms with Crippen LogP contribution in [-0.2, 0) is 11.2 Å². The number of rotatable bonds is 3. The van der Waals surface area contributed by atoms with Gasteiger partial charge in [-0.05, 0) is 25.5 Å². The molecule has 20 heavy (non-hydrogen) atoms. The van der Waals surface area contributed by atoms with Crippen LogP contribution in [0.1, 0.15) is 17.8 Å². The summed E-state index contributed by atoms with van der Waals surface area (Å²) in [5, 5.41) is 3.26. The maximum Gasteiger partial charge on any atom is 0.223 e. The minimum absolute atomic E-state index is 0.247. The van der Waals surface area contributed by atoms with Gasteiger partial charge in [-0.15, -0.1) is 0 Å². The van der Waals surface area contributed by atoms with Crippen LogP contribution < -0.4 is 5.32 Å². The number of hydrogen-bond acceptors (Lipinski definition) is 3. The summed E-state index contributed by atoms with van der Waals surface area (Å²) in [5.74, 6) is 0.247. The normalized spacial score (nSPS) is 15.8. The van der Waals surface area contributed by atoms with Crippen LogP contribution >= 0.6 is 0 Å². The Bertz CT molecular complexity index is 613. The Labute approximate surface area is 118 Å². The first-order valence-electron chi connectivity index (χ1n) is 7.17. The number of amides is 1. The molecule has 0 saturated carbocycles. The van der Waals surface area contributed by atoms with E-state index in [0.29, 0.717) is 6.42 Å². The lowest BCUT2D eigenvalue weighted by Crippen LogP contribution is -2.46. The van der Waals surface area contributed by atoms with Crippen LogP contribution in [-0.4, -0.2) is 46.4 Å². The molecule has 1 amide bonds. The summed E-state index contributed by atoms with van der Waals surface area (Å²) in [6.07, 6.45) is 3.32. The van der Waals surface area contributed by atoms with Gasteiger partial charge < -0.3 is 14.6 Å². The van der Waals surface area contributed by atoms with Crippen molar-refractivity contribution in [3.63, 3.8) is 0 Å². The molecule has 5 heteroatoms. The molecule has 5 nitrogen and oxygen atoms in total. The number of pyridine rings is 1. The Hall–Kier alpha value is -1.88. The van der Waals surface area contributed by atoms with Crippen molar-refractivity contribution in [2.45, 2.75) is 19.8 Å². The molecule has 1 fully saturated rings. The third kappa shape index (κ3) is 2.54. The molecule has 0 aromatic carbocycles. The molecule has 1 saturated heterocycles. The van der Waals surface area contributed by atoms with Gasteiger partial charge in [0.2, 0.25) is 5.91 Å². The van der Waals surface area contributed by atoms with E-state index in [9.17, 15) is 4.79 Å². The molecular weight excluding hydrogens is 252 g/mol. The number of piperazine rings is 1. The smallest absolute Gasteiger partial charge is 0.223 e. The van der Waals surface area contributed by atoms with Gasteiger partial charge in [-0.3, -0.25) is 4.79 Å². The highest BCUT2D eigenvalue weighted by Gasteiger charge is 2.17. The lowest BCUT2D eigenvalue weighted by atomic mass is 10.2. The number of nitrogens with one attached hydrogen (secondary N) is 1.